The van der Waals surface area contributed by atoms with E-state index in [2.05, 4.69) is 65.1 Å². The fourth-order valence-corrected chi connectivity index (χ4v) is 3.61. The molecule has 0 aliphatic heterocycles. The molecule has 0 radical (unpaired) electrons. The van der Waals surface area contributed by atoms with Gasteiger partial charge in [0.2, 0.25) is 0 Å². The maximum Gasteiger partial charge on any atom is 0.194 e. The number of benzene rings is 1. The Balaban J connectivity index is 1.62. The Bertz CT molecular complexity index is 755. The molecule has 0 unspecified atom stereocenters. The highest BCUT2D eigenvalue weighted by Gasteiger charge is 2.11. The lowest BCUT2D eigenvalue weighted by Gasteiger charge is -2.07. The average molecular weight is 299 g/mol. The number of nitrogens with one attached hydrogen (secondary N) is 1. The quantitative estimate of drug-likeness (QED) is 0.729. The van der Waals surface area contributed by atoms with Gasteiger partial charge in [-0.15, -0.1) is 11.3 Å². The first-order valence-electron chi connectivity index (χ1n) is 7.33. The number of imidazole rings is 1. The van der Waals surface area contributed by atoms with Gasteiger partial charge in [-0.3, -0.25) is 4.40 Å². The Morgan fingerprint density at radius 1 is 1.24 bits per heavy atom. The molecule has 0 atom stereocenters. The van der Waals surface area contributed by atoms with Gasteiger partial charge in [0, 0.05) is 17.6 Å². The van der Waals surface area contributed by atoms with E-state index in [0.29, 0.717) is 0 Å². The highest BCUT2D eigenvalue weighted by Crippen LogP contribution is 2.20. The van der Waals surface area contributed by atoms with E-state index in [0.717, 1.165) is 30.2 Å². The van der Waals surface area contributed by atoms with E-state index in [1.165, 1.54) is 22.5 Å². The van der Waals surface area contributed by atoms with Gasteiger partial charge in [-0.2, -0.15) is 0 Å². The molecule has 0 spiro atoms. The van der Waals surface area contributed by atoms with Crippen LogP contribution in [0, 0.1) is 20.8 Å². The molecule has 0 saturated heterocycles. The largest absolute Gasteiger partial charge is 0.311 e. The summed E-state index contributed by atoms with van der Waals surface area (Å²) in [5.74, 6) is 0. The Hall–Kier alpha value is -1.65. The zero-order valence-electron chi connectivity index (χ0n) is 12.8. The molecule has 0 saturated carbocycles. The van der Waals surface area contributed by atoms with Crippen LogP contribution in [0.4, 0.5) is 0 Å². The van der Waals surface area contributed by atoms with Crippen molar-refractivity contribution < 1.29 is 0 Å². The van der Waals surface area contributed by atoms with Crippen molar-refractivity contribution in [3.8, 4) is 0 Å². The molecule has 4 heteroatoms. The van der Waals surface area contributed by atoms with Gasteiger partial charge in [-0.05, 0) is 39.3 Å². The van der Waals surface area contributed by atoms with Crippen molar-refractivity contribution in [1.29, 1.82) is 0 Å². The van der Waals surface area contributed by atoms with E-state index in [1.54, 1.807) is 11.3 Å². The van der Waals surface area contributed by atoms with E-state index in [9.17, 15) is 0 Å². The van der Waals surface area contributed by atoms with Crippen molar-refractivity contribution in [2.45, 2.75) is 33.7 Å². The highest BCUT2D eigenvalue weighted by atomic mass is 32.1. The van der Waals surface area contributed by atoms with Crippen molar-refractivity contribution in [3.63, 3.8) is 0 Å². The molecule has 1 N–H and O–H groups in total. The molecule has 0 aliphatic carbocycles. The summed E-state index contributed by atoms with van der Waals surface area (Å²) in [6.45, 7) is 8.23. The van der Waals surface area contributed by atoms with Crippen LogP contribution in [0.5, 0.6) is 0 Å². The third-order valence-electron chi connectivity index (χ3n) is 3.80. The maximum absolute atomic E-state index is 4.62. The fourth-order valence-electron chi connectivity index (χ4n) is 2.68. The zero-order chi connectivity index (χ0) is 14.8. The van der Waals surface area contributed by atoms with E-state index >= 15 is 0 Å². The summed E-state index contributed by atoms with van der Waals surface area (Å²) < 4.78 is 2.26. The maximum atomic E-state index is 4.62. The van der Waals surface area contributed by atoms with Crippen molar-refractivity contribution >= 4 is 16.3 Å². The van der Waals surface area contributed by atoms with Crippen LogP contribution in [0.15, 0.2) is 29.6 Å². The molecule has 0 bridgehead atoms. The normalized spacial score (nSPS) is 11.4. The number of nitrogens with zero attached hydrogens (tertiary/aromatic N) is 2. The lowest BCUT2D eigenvalue weighted by atomic mass is 10.1. The Morgan fingerprint density at radius 2 is 2.10 bits per heavy atom. The van der Waals surface area contributed by atoms with E-state index in [4.69, 9.17) is 0 Å². The number of aromatic nitrogens is 2. The van der Waals surface area contributed by atoms with Crippen LogP contribution >= 0.6 is 11.3 Å². The van der Waals surface area contributed by atoms with Crippen LogP contribution in [0.25, 0.3) is 4.96 Å². The van der Waals surface area contributed by atoms with Crippen LogP contribution in [0.1, 0.15) is 28.2 Å². The van der Waals surface area contributed by atoms with E-state index in [1.807, 2.05) is 0 Å². The summed E-state index contributed by atoms with van der Waals surface area (Å²) in [5, 5.41) is 5.71. The minimum absolute atomic E-state index is 0.871. The summed E-state index contributed by atoms with van der Waals surface area (Å²) in [7, 11) is 0. The van der Waals surface area contributed by atoms with Gasteiger partial charge in [-0.25, -0.2) is 4.98 Å². The summed E-state index contributed by atoms with van der Waals surface area (Å²) in [6.07, 6.45) is 1.06. The molecule has 0 fully saturated rings. The molecular weight excluding hydrogens is 278 g/mol. The lowest BCUT2D eigenvalue weighted by Crippen LogP contribution is -2.18. The number of rotatable bonds is 5. The van der Waals surface area contributed by atoms with Crippen molar-refractivity contribution in [2.75, 3.05) is 6.54 Å². The van der Waals surface area contributed by atoms with Crippen molar-refractivity contribution in [2.24, 2.45) is 0 Å². The SMILES string of the molecule is Cc1cccc(CCNCc2c(C)nc3scc(C)n23)c1. The van der Waals surface area contributed by atoms with Crippen LogP contribution in [0.3, 0.4) is 0 Å². The fraction of sp³-hybridized carbons (Fsp3) is 0.353. The summed E-state index contributed by atoms with van der Waals surface area (Å²) >= 11 is 1.71. The van der Waals surface area contributed by atoms with Gasteiger partial charge in [-0.1, -0.05) is 29.8 Å². The highest BCUT2D eigenvalue weighted by molar-refractivity contribution is 7.15. The van der Waals surface area contributed by atoms with Crippen LogP contribution in [-0.4, -0.2) is 15.9 Å². The molecule has 3 nitrogen and oxygen atoms in total. The number of fused-ring (bicyclic) bond motifs is 1. The molecule has 21 heavy (non-hydrogen) atoms. The molecule has 0 amide bonds. The number of aryl methyl sites for hydroxylation is 3. The first kappa shape index (κ1) is 14.3. The van der Waals surface area contributed by atoms with Gasteiger partial charge in [0.1, 0.15) is 0 Å². The van der Waals surface area contributed by atoms with Crippen LogP contribution in [-0.2, 0) is 13.0 Å². The van der Waals surface area contributed by atoms with Crippen molar-refractivity contribution in [3.05, 3.63) is 57.9 Å². The molecule has 2 aromatic heterocycles. The third-order valence-corrected chi connectivity index (χ3v) is 4.74. The molecule has 110 valence electrons. The van der Waals surface area contributed by atoms with Gasteiger partial charge in [0.05, 0.1) is 11.4 Å². The number of thiazole rings is 1. The van der Waals surface area contributed by atoms with Crippen LogP contribution in [0.2, 0.25) is 0 Å². The minimum atomic E-state index is 0.871. The number of hydrogen-bond acceptors (Lipinski definition) is 3. The lowest BCUT2D eigenvalue weighted by molar-refractivity contribution is 0.666. The van der Waals surface area contributed by atoms with Gasteiger partial charge >= 0.3 is 0 Å². The first-order valence-corrected chi connectivity index (χ1v) is 8.21. The molecule has 2 heterocycles. The predicted molar refractivity (Wildman–Crippen MR) is 89.1 cm³/mol. The molecule has 0 aliphatic rings. The second-order valence-corrected chi connectivity index (χ2v) is 6.39. The van der Waals surface area contributed by atoms with Gasteiger partial charge in [0.25, 0.3) is 0 Å². The third kappa shape index (κ3) is 3.01. The van der Waals surface area contributed by atoms with Crippen molar-refractivity contribution in [1.82, 2.24) is 14.7 Å². The van der Waals surface area contributed by atoms with E-state index < -0.39 is 0 Å². The smallest absolute Gasteiger partial charge is 0.194 e. The molecule has 3 rings (SSSR count). The topological polar surface area (TPSA) is 29.3 Å². The monoisotopic (exact) mass is 299 g/mol. The standard InChI is InChI=1S/C17H21N3S/c1-12-5-4-6-15(9-12)7-8-18-10-16-14(3)19-17-20(16)13(2)11-21-17/h4-6,9,11,18H,7-8,10H2,1-3H3. The number of hydrogen-bond donors (Lipinski definition) is 1. The molecular formula is C17H21N3S. The average Bonchev–Trinajstić information content (AvgIpc) is 2.95. The Labute approximate surface area is 129 Å². The Kier molecular flexibility index (Phi) is 4.08. The predicted octanol–water partition coefficient (Wildman–Crippen LogP) is 3.65. The molecule has 3 aromatic rings. The van der Waals surface area contributed by atoms with Crippen LogP contribution < -0.4 is 5.32 Å². The van der Waals surface area contributed by atoms with Gasteiger partial charge < -0.3 is 5.32 Å². The summed E-state index contributed by atoms with van der Waals surface area (Å²) in [4.78, 5) is 5.72. The second kappa shape index (κ2) is 6.00. The summed E-state index contributed by atoms with van der Waals surface area (Å²) in [6, 6.07) is 8.72. The first-order chi connectivity index (χ1) is 10.1. The summed E-state index contributed by atoms with van der Waals surface area (Å²) in [5.41, 5.74) is 6.41. The minimum Gasteiger partial charge on any atom is -0.311 e. The second-order valence-electron chi connectivity index (χ2n) is 5.55. The van der Waals surface area contributed by atoms with Gasteiger partial charge in [0.15, 0.2) is 4.96 Å². The molecule has 1 aromatic carbocycles. The Morgan fingerprint density at radius 3 is 2.90 bits per heavy atom. The zero-order valence-corrected chi connectivity index (χ0v) is 13.6. The van der Waals surface area contributed by atoms with E-state index in [-0.39, 0.29) is 0 Å².